The number of nitrogens with two attached hydrogens (primary N) is 2. The van der Waals surface area contributed by atoms with Crippen molar-refractivity contribution in [1.29, 1.82) is 0 Å². The van der Waals surface area contributed by atoms with Gasteiger partial charge in [0, 0.05) is 45.5 Å². The van der Waals surface area contributed by atoms with Crippen molar-refractivity contribution in [3.63, 3.8) is 0 Å². The van der Waals surface area contributed by atoms with E-state index in [1.165, 1.54) is 24.3 Å². The molecule has 2 aromatic heterocycles. The first kappa shape index (κ1) is 18.2. The van der Waals surface area contributed by atoms with E-state index in [1.807, 2.05) is 6.07 Å². The molecular formula is C22H19F2N5O. The fourth-order valence-electron chi connectivity index (χ4n) is 3.89. The minimum atomic E-state index is -0.326. The Morgan fingerprint density at radius 2 is 1.40 bits per heavy atom. The number of halogens is 2. The van der Waals surface area contributed by atoms with Crippen LogP contribution in [0.15, 0.2) is 47.5 Å². The zero-order valence-corrected chi connectivity index (χ0v) is 15.9. The van der Waals surface area contributed by atoms with Crippen LogP contribution >= 0.6 is 0 Å². The van der Waals surface area contributed by atoms with E-state index in [0.29, 0.717) is 25.3 Å². The number of benzene rings is 3. The Morgan fingerprint density at radius 3 is 1.93 bits per heavy atom. The number of H-pyrrole nitrogens is 2. The van der Waals surface area contributed by atoms with Gasteiger partial charge in [0.2, 0.25) is 0 Å². The zero-order valence-electron chi connectivity index (χ0n) is 15.9. The lowest BCUT2D eigenvalue weighted by atomic mass is 10.1. The molecule has 5 aromatic rings. The third kappa shape index (κ3) is 2.97. The highest BCUT2D eigenvalue weighted by atomic mass is 19.1. The van der Waals surface area contributed by atoms with Gasteiger partial charge in [0.15, 0.2) is 11.7 Å². The molecule has 6 nitrogen and oxygen atoms in total. The first-order valence-corrected chi connectivity index (χ1v) is 9.54. The van der Waals surface area contributed by atoms with E-state index < -0.39 is 0 Å². The summed E-state index contributed by atoms with van der Waals surface area (Å²) in [4.78, 5) is 10.6. The van der Waals surface area contributed by atoms with Gasteiger partial charge in [-0.05, 0) is 42.5 Å². The van der Waals surface area contributed by atoms with E-state index in [-0.39, 0.29) is 17.6 Å². The number of ether oxygens (including phenoxy) is 1. The first-order chi connectivity index (χ1) is 14.5. The van der Waals surface area contributed by atoms with Crippen LogP contribution in [0, 0.1) is 11.6 Å². The van der Waals surface area contributed by atoms with Crippen molar-refractivity contribution in [2.45, 2.75) is 6.42 Å². The van der Waals surface area contributed by atoms with Crippen molar-refractivity contribution in [1.82, 2.24) is 9.97 Å². The molecule has 0 saturated carbocycles. The molecule has 0 radical (unpaired) electrons. The summed E-state index contributed by atoms with van der Waals surface area (Å²) in [6, 6.07) is 11.1. The van der Waals surface area contributed by atoms with Gasteiger partial charge in [0.1, 0.15) is 11.6 Å². The molecule has 152 valence electrons. The predicted molar refractivity (Wildman–Crippen MR) is 116 cm³/mol. The summed E-state index contributed by atoms with van der Waals surface area (Å²) in [6.45, 7) is 0.815. The maximum atomic E-state index is 13.9. The number of hydrogen-bond donors (Lipinski definition) is 4. The number of nitrogens with zero attached hydrogens (tertiary/aromatic N) is 1. The summed E-state index contributed by atoms with van der Waals surface area (Å²) < 4.78 is 34.0. The lowest BCUT2D eigenvalue weighted by Gasteiger charge is -2.09. The quantitative estimate of drug-likeness (QED) is 0.199. The highest BCUT2D eigenvalue weighted by Gasteiger charge is 2.18. The molecule has 0 spiro atoms. The normalized spacial score (nSPS) is 11.7. The molecule has 0 aliphatic rings. The predicted octanol–water partition coefficient (Wildman–Crippen LogP) is 4.28. The Hall–Kier alpha value is -3.81. The average Bonchev–Trinajstić information content (AvgIpc) is 3.25. The highest BCUT2D eigenvalue weighted by molar-refractivity contribution is 6.20. The van der Waals surface area contributed by atoms with Crippen LogP contribution in [0.4, 0.5) is 8.78 Å². The SMILES string of the molecule is NC(N)=NCCCOc1c2[nH]c3ccc(F)cc3c2cc2c1[nH]c1ccc(F)cc12. The van der Waals surface area contributed by atoms with Gasteiger partial charge in [-0.15, -0.1) is 0 Å². The number of rotatable bonds is 5. The van der Waals surface area contributed by atoms with Crippen LogP contribution in [0.2, 0.25) is 0 Å². The molecule has 0 fully saturated rings. The summed E-state index contributed by atoms with van der Waals surface area (Å²) in [7, 11) is 0. The fourth-order valence-corrected chi connectivity index (χ4v) is 3.89. The molecule has 0 aliphatic heterocycles. The minimum absolute atomic E-state index is 0.0368. The molecule has 8 heteroatoms. The minimum Gasteiger partial charge on any atom is -0.489 e. The molecule has 0 amide bonds. The van der Waals surface area contributed by atoms with Crippen molar-refractivity contribution in [3.8, 4) is 5.75 Å². The summed E-state index contributed by atoms with van der Waals surface area (Å²) in [6.07, 6.45) is 0.611. The number of aromatic amines is 2. The van der Waals surface area contributed by atoms with E-state index in [0.717, 1.165) is 43.6 Å². The van der Waals surface area contributed by atoms with Crippen LogP contribution < -0.4 is 16.2 Å². The van der Waals surface area contributed by atoms with E-state index >= 15 is 0 Å². The molecule has 30 heavy (non-hydrogen) atoms. The molecule has 3 aromatic carbocycles. The van der Waals surface area contributed by atoms with Gasteiger partial charge in [0.05, 0.1) is 17.6 Å². The average molecular weight is 407 g/mol. The van der Waals surface area contributed by atoms with Gasteiger partial charge in [0.25, 0.3) is 0 Å². The molecule has 5 rings (SSSR count). The number of fused-ring (bicyclic) bond motifs is 6. The zero-order chi connectivity index (χ0) is 20.8. The lowest BCUT2D eigenvalue weighted by Crippen LogP contribution is -2.23. The van der Waals surface area contributed by atoms with Gasteiger partial charge >= 0.3 is 0 Å². The van der Waals surface area contributed by atoms with E-state index in [2.05, 4.69) is 15.0 Å². The summed E-state index contributed by atoms with van der Waals surface area (Å²) in [5.74, 6) is -0.0171. The van der Waals surface area contributed by atoms with Crippen molar-refractivity contribution >= 4 is 49.6 Å². The standard InChI is InChI=1S/C22H19F2N5O/c23-11-2-4-17-13(8-11)15-10-16-14-9-12(24)3-5-18(14)29-20(16)21(19(15)28-17)30-7-1-6-27-22(25)26/h2-5,8-10,28-29H,1,6-7H2,(H4,25,26,27). The van der Waals surface area contributed by atoms with Crippen LogP contribution in [0.25, 0.3) is 43.6 Å². The number of guanidine groups is 1. The highest BCUT2D eigenvalue weighted by Crippen LogP contribution is 2.41. The topological polar surface area (TPSA) is 105 Å². The molecule has 0 unspecified atom stereocenters. The maximum absolute atomic E-state index is 13.9. The first-order valence-electron chi connectivity index (χ1n) is 9.54. The van der Waals surface area contributed by atoms with Crippen LogP contribution in [-0.2, 0) is 0 Å². The molecular weight excluding hydrogens is 388 g/mol. The molecule has 2 heterocycles. The van der Waals surface area contributed by atoms with Crippen molar-refractivity contribution in [3.05, 3.63) is 54.1 Å². The largest absolute Gasteiger partial charge is 0.489 e. The molecule has 0 bridgehead atoms. The van der Waals surface area contributed by atoms with E-state index in [9.17, 15) is 8.78 Å². The number of aromatic nitrogens is 2. The van der Waals surface area contributed by atoms with Crippen LogP contribution in [-0.4, -0.2) is 29.1 Å². The second-order valence-corrected chi connectivity index (χ2v) is 7.19. The van der Waals surface area contributed by atoms with E-state index in [4.69, 9.17) is 16.2 Å². The number of hydrogen-bond acceptors (Lipinski definition) is 2. The third-order valence-corrected chi connectivity index (χ3v) is 5.19. The Kier molecular flexibility index (Phi) is 4.20. The molecule has 6 N–H and O–H groups in total. The number of aliphatic imine (C=N–C) groups is 1. The van der Waals surface area contributed by atoms with Gasteiger partial charge < -0.3 is 26.2 Å². The van der Waals surface area contributed by atoms with Crippen LogP contribution in [0.1, 0.15) is 6.42 Å². The van der Waals surface area contributed by atoms with Crippen LogP contribution in [0.5, 0.6) is 5.75 Å². The van der Waals surface area contributed by atoms with Crippen molar-refractivity contribution in [2.75, 3.05) is 13.2 Å². The van der Waals surface area contributed by atoms with Crippen molar-refractivity contribution < 1.29 is 13.5 Å². The van der Waals surface area contributed by atoms with Crippen LogP contribution in [0.3, 0.4) is 0 Å². The molecule has 0 saturated heterocycles. The van der Waals surface area contributed by atoms with Gasteiger partial charge in [-0.2, -0.15) is 0 Å². The van der Waals surface area contributed by atoms with E-state index in [1.54, 1.807) is 12.1 Å². The summed E-state index contributed by atoms with van der Waals surface area (Å²) in [5, 5.41) is 3.09. The van der Waals surface area contributed by atoms with Gasteiger partial charge in [-0.1, -0.05) is 0 Å². The van der Waals surface area contributed by atoms with Gasteiger partial charge in [-0.3, -0.25) is 4.99 Å². The maximum Gasteiger partial charge on any atom is 0.185 e. The smallest absolute Gasteiger partial charge is 0.185 e. The lowest BCUT2D eigenvalue weighted by molar-refractivity contribution is 0.320. The molecule has 0 aliphatic carbocycles. The Labute approximate surface area is 169 Å². The third-order valence-electron chi connectivity index (χ3n) is 5.19. The summed E-state index contributed by atoms with van der Waals surface area (Å²) in [5.41, 5.74) is 13.8. The molecule has 0 atom stereocenters. The monoisotopic (exact) mass is 407 g/mol. The second kappa shape index (κ2) is 6.91. The Bertz CT molecular complexity index is 1350. The van der Waals surface area contributed by atoms with Crippen molar-refractivity contribution in [2.24, 2.45) is 16.5 Å². The fraction of sp³-hybridized carbons (Fsp3) is 0.136. The second-order valence-electron chi connectivity index (χ2n) is 7.19. The summed E-state index contributed by atoms with van der Waals surface area (Å²) >= 11 is 0. The number of nitrogens with one attached hydrogen (secondary N) is 2. The Balaban J connectivity index is 1.73. The Morgan fingerprint density at radius 1 is 0.833 bits per heavy atom. The van der Waals surface area contributed by atoms with Gasteiger partial charge in [-0.25, -0.2) is 8.78 Å².